The van der Waals surface area contributed by atoms with Crippen LogP contribution in [-0.2, 0) is 23.1 Å². The van der Waals surface area contributed by atoms with E-state index in [9.17, 15) is 8.42 Å². The van der Waals surface area contributed by atoms with E-state index in [1.807, 2.05) is 24.3 Å². The molecule has 1 aromatic carbocycles. The van der Waals surface area contributed by atoms with Gasteiger partial charge in [-0.05, 0) is 23.8 Å². The van der Waals surface area contributed by atoms with E-state index in [2.05, 4.69) is 5.32 Å². The Kier molecular flexibility index (Phi) is 6.42. The Morgan fingerprint density at radius 1 is 1.10 bits per heavy atom. The molecule has 116 valence electrons. The van der Waals surface area contributed by atoms with Gasteiger partial charge in [0.2, 0.25) is 10.0 Å². The Morgan fingerprint density at radius 3 is 2.43 bits per heavy atom. The van der Waals surface area contributed by atoms with Crippen molar-refractivity contribution < 1.29 is 12.8 Å². The molecule has 1 aromatic heterocycles. The highest BCUT2D eigenvalue weighted by Crippen LogP contribution is 2.18. The van der Waals surface area contributed by atoms with Crippen molar-refractivity contribution in [2.24, 2.45) is 0 Å². The highest BCUT2D eigenvalue weighted by atomic mass is 35.5. The molecule has 0 aliphatic carbocycles. The Morgan fingerprint density at radius 2 is 1.81 bits per heavy atom. The van der Waals surface area contributed by atoms with Gasteiger partial charge in [-0.25, -0.2) is 12.7 Å². The van der Waals surface area contributed by atoms with Crippen LogP contribution in [0.1, 0.15) is 11.3 Å². The molecule has 0 radical (unpaired) electrons. The Bertz CT molecular complexity index is 655. The molecule has 2 aromatic rings. The number of nitrogens with one attached hydrogen (secondary N) is 1. The lowest BCUT2D eigenvalue weighted by Gasteiger charge is -2.15. The number of hydrogen-bond donors (Lipinski definition) is 1. The number of halogens is 1. The molecular formula is C14H19ClN2O3S. The first kappa shape index (κ1) is 17.7. The maximum atomic E-state index is 12.2. The second-order valence-electron chi connectivity index (χ2n) is 4.58. The third kappa shape index (κ3) is 4.31. The highest BCUT2D eigenvalue weighted by Gasteiger charge is 2.20. The van der Waals surface area contributed by atoms with E-state index < -0.39 is 10.0 Å². The minimum Gasteiger partial charge on any atom is -0.468 e. The van der Waals surface area contributed by atoms with E-state index in [4.69, 9.17) is 4.42 Å². The van der Waals surface area contributed by atoms with Crippen LogP contribution in [0.5, 0.6) is 0 Å². The third-order valence-corrected chi connectivity index (χ3v) is 4.84. The van der Waals surface area contributed by atoms with Crippen LogP contribution >= 0.6 is 12.4 Å². The molecule has 0 saturated heterocycles. The van der Waals surface area contributed by atoms with E-state index >= 15 is 0 Å². The molecule has 0 aliphatic rings. The van der Waals surface area contributed by atoms with Gasteiger partial charge in [0.05, 0.1) is 17.7 Å². The molecule has 5 nitrogen and oxygen atoms in total. The van der Waals surface area contributed by atoms with Crippen LogP contribution in [0.4, 0.5) is 0 Å². The molecule has 1 heterocycles. The summed E-state index contributed by atoms with van der Waals surface area (Å²) in [5.74, 6) is 0.818. The standard InChI is InChI=1S/C14H18N2O3S.ClH/c1-16(2)20(17,18)14-8-4-3-6-12(14)10-15-11-13-7-5-9-19-13;/h3-9,15H,10-11H2,1-2H3;1H. The highest BCUT2D eigenvalue weighted by molar-refractivity contribution is 7.89. The zero-order valence-electron chi connectivity index (χ0n) is 11.9. The van der Waals surface area contributed by atoms with Crippen LogP contribution in [0.2, 0.25) is 0 Å². The van der Waals surface area contributed by atoms with Crippen LogP contribution in [-0.4, -0.2) is 26.8 Å². The second kappa shape index (κ2) is 7.61. The van der Waals surface area contributed by atoms with Gasteiger partial charge < -0.3 is 9.73 Å². The van der Waals surface area contributed by atoms with Crippen molar-refractivity contribution in [2.45, 2.75) is 18.0 Å². The van der Waals surface area contributed by atoms with E-state index in [1.165, 1.54) is 18.4 Å². The SMILES string of the molecule is CN(C)S(=O)(=O)c1ccccc1CNCc1ccco1.Cl. The van der Waals surface area contributed by atoms with Crippen LogP contribution < -0.4 is 5.32 Å². The number of furan rings is 1. The summed E-state index contributed by atoms with van der Waals surface area (Å²) >= 11 is 0. The molecule has 7 heteroatoms. The molecule has 0 amide bonds. The van der Waals surface area contributed by atoms with E-state index in [0.29, 0.717) is 18.0 Å². The lowest BCUT2D eigenvalue weighted by molar-refractivity contribution is 0.481. The van der Waals surface area contributed by atoms with Crippen molar-refractivity contribution in [1.29, 1.82) is 0 Å². The smallest absolute Gasteiger partial charge is 0.242 e. The normalized spacial score (nSPS) is 11.4. The predicted molar refractivity (Wildman–Crippen MR) is 83.8 cm³/mol. The molecule has 0 atom stereocenters. The molecule has 2 rings (SSSR count). The summed E-state index contributed by atoms with van der Waals surface area (Å²) in [6, 6.07) is 10.7. The zero-order chi connectivity index (χ0) is 14.6. The van der Waals surface area contributed by atoms with Crippen molar-refractivity contribution in [3.63, 3.8) is 0 Å². The number of hydrogen-bond acceptors (Lipinski definition) is 4. The average molecular weight is 331 g/mol. The van der Waals surface area contributed by atoms with Crippen molar-refractivity contribution in [1.82, 2.24) is 9.62 Å². The second-order valence-corrected chi connectivity index (χ2v) is 6.70. The third-order valence-electron chi connectivity index (χ3n) is 2.93. The molecule has 0 saturated carbocycles. The molecular weight excluding hydrogens is 312 g/mol. The summed E-state index contributed by atoms with van der Waals surface area (Å²) in [5.41, 5.74) is 0.743. The minimum absolute atomic E-state index is 0. The summed E-state index contributed by atoms with van der Waals surface area (Å²) in [6.07, 6.45) is 1.61. The Labute approximate surface area is 131 Å². The molecule has 0 aliphatic heterocycles. The summed E-state index contributed by atoms with van der Waals surface area (Å²) in [4.78, 5) is 0.331. The maximum Gasteiger partial charge on any atom is 0.242 e. The fraction of sp³-hybridized carbons (Fsp3) is 0.286. The van der Waals surface area contributed by atoms with Gasteiger partial charge in [-0.2, -0.15) is 0 Å². The van der Waals surface area contributed by atoms with E-state index in [1.54, 1.807) is 18.4 Å². The lowest BCUT2D eigenvalue weighted by Crippen LogP contribution is -2.24. The molecule has 0 unspecified atom stereocenters. The van der Waals surface area contributed by atoms with E-state index in [-0.39, 0.29) is 12.4 Å². The van der Waals surface area contributed by atoms with Gasteiger partial charge in [0.25, 0.3) is 0 Å². The van der Waals surface area contributed by atoms with Gasteiger partial charge in [-0.15, -0.1) is 12.4 Å². The molecule has 0 spiro atoms. The summed E-state index contributed by atoms with van der Waals surface area (Å²) in [7, 11) is -0.362. The lowest BCUT2D eigenvalue weighted by atomic mass is 10.2. The molecule has 0 bridgehead atoms. The molecule has 1 N–H and O–H groups in total. The van der Waals surface area contributed by atoms with Gasteiger partial charge in [0.15, 0.2) is 0 Å². The van der Waals surface area contributed by atoms with Crippen molar-refractivity contribution in [3.05, 3.63) is 54.0 Å². The van der Waals surface area contributed by atoms with Gasteiger partial charge in [-0.3, -0.25) is 0 Å². The monoisotopic (exact) mass is 330 g/mol. The number of sulfonamides is 1. The zero-order valence-corrected chi connectivity index (χ0v) is 13.6. The summed E-state index contributed by atoms with van der Waals surface area (Å²) in [5, 5.41) is 3.18. The minimum atomic E-state index is -3.42. The maximum absolute atomic E-state index is 12.2. The van der Waals surface area contributed by atoms with E-state index in [0.717, 1.165) is 11.3 Å². The number of rotatable bonds is 6. The first-order valence-electron chi connectivity index (χ1n) is 6.25. The fourth-order valence-electron chi connectivity index (χ4n) is 1.83. The predicted octanol–water partition coefficient (Wildman–Crippen LogP) is 2.24. The molecule has 21 heavy (non-hydrogen) atoms. The quantitative estimate of drug-likeness (QED) is 0.882. The van der Waals surface area contributed by atoms with Crippen LogP contribution in [0.3, 0.4) is 0 Å². The fourth-order valence-corrected chi connectivity index (χ4v) is 2.95. The first-order chi connectivity index (χ1) is 9.51. The van der Waals surface area contributed by atoms with Crippen LogP contribution in [0.25, 0.3) is 0 Å². The van der Waals surface area contributed by atoms with Crippen LogP contribution in [0, 0.1) is 0 Å². The number of nitrogens with zero attached hydrogens (tertiary/aromatic N) is 1. The van der Waals surface area contributed by atoms with Crippen molar-refractivity contribution >= 4 is 22.4 Å². The Hall–Kier alpha value is -1.34. The number of benzene rings is 1. The van der Waals surface area contributed by atoms with Gasteiger partial charge in [-0.1, -0.05) is 18.2 Å². The largest absolute Gasteiger partial charge is 0.468 e. The van der Waals surface area contributed by atoms with Crippen molar-refractivity contribution in [3.8, 4) is 0 Å². The van der Waals surface area contributed by atoms with Gasteiger partial charge in [0.1, 0.15) is 5.76 Å². The first-order valence-corrected chi connectivity index (χ1v) is 7.69. The topological polar surface area (TPSA) is 62.6 Å². The average Bonchev–Trinajstić information content (AvgIpc) is 2.92. The van der Waals surface area contributed by atoms with Crippen molar-refractivity contribution in [2.75, 3.05) is 14.1 Å². The summed E-state index contributed by atoms with van der Waals surface area (Å²) < 4.78 is 30.9. The Balaban J connectivity index is 0.00000220. The molecule has 0 fully saturated rings. The van der Waals surface area contributed by atoms with Gasteiger partial charge >= 0.3 is 0 Å². The van der Waals surface area contributed by atoms with Gasteiger partial charge in [0, 0.05) is 20.6 Å². The summed E-state index contributed by atoms with van der Waals surface area (Å²) in [6.45, 7) is 1.02. The van der Waals surface area contributed by atoms with Crippen LogP contribution in [0.15, 0.2) is 52.0 Å².